The molecule has 0 fully saturated rings. The number of ether oxygens (including phenoxy) is 1. The molecule has 0 bridgehead atoms. The molecule has 1 amide bonds. The Labute approximate surface area is 164 Å². The highest BCUT2D eigenvalue weighted by Crippen LogP contribution is 2.28. The number of hydrogen-bond donors (Lipinski definition) is 1. The van der Waals surface area contributed by atoms with Crippen LogP contribution in [-0.4, -0.2) is 37.5 Å². The van der Waals surface area contributed by atoms with Crippen LogP contribution in [0.1, 0.15) is 11.4 Å². The van der Waals surface area contributed by atoms with E-state index in [0.717, 1.165) is 16.1 Å². The minimum Gasteiger partial charge on any atom is -0.495 e. The molecule has 29 heavy (non-hydrogen) atoms. The van der Waals surface area contributed by atoms with Gasteiger partial charge in [-0.15, -0.1) is 5.10 Å². The average molecular weight is 398 g/mol. The van der Waals surface area contributed by atoms with E-state index in [9.17, 15) is 19.7 Å². The predicted octanol–water partition coefficient (Wildman–Crippen LogP) is 1.60. The summed E-state index contributed by atoms with van der Waals surface area (Å²) in [6.45, 7) is 3.29. The number of benzene rings is 1. The Balaban J connectivity index is 1.85. The molecule has 0 atom stereocenters. The largest absolute Gasteiger partial charge is 0.495 e. The Morgan fingerprint density at radius 2 is 1.97 bits per heavy atom. The Morgan fingerprint density at radius 3 is 2.59 bits per heavy atom. The number of anilines is 1. The number of hydrogen-bond acceptors (Lipinski definition) is 7. The number of nitrogens with one attached hydrogen (secondary N) is 1. The van der Waals surface area contributed by atoms with E-state index < -0.39 is 22.9 Å². The van der Waals surface area contributed by atoms with Crippen LogP contribution in [0.4, 0.5) is 11.4 Å². The number of carbonyl (C=O) groups excluding carboxylic acids is 1. The maximum atomic E-state index is 12.4. The van der Waals surface area contributed by atoms with Gasteiger partial charge in [0, 0.05) is 23.9 Å². The van der Waals surface area contributed by atoms with Crippen molar-refractivity contribution in [2.45, 2.75) is 20.4 Å². The van der Waals surface area contributed by atoms with Crippen molar-refractivity contribution in [2.75, 3.05) is 12.4 Å². The van der Waals surface area contributed by atoms with Gasteiger partial charge in [-0.05, 0) is 32.0 Å². The molecule has 0 aliphatic rings. The van der Waals surface area contributed by atoms with Gasteiger partial charge in [-0.2, -0.15) is 5.10 Å². The molecule has 2 aromatic heterocycles. The monoisotopic (exact) mass is 398 g/mol. The summed E-state index contributed by atoms with van der Waals surface area (Å²) in [7, 11) is 1.38. The lowest BCUT2D eigenvalue weighted by atomic mass is 10.2. The summed E-state index contributed by atoms with van der Waals surface area (Å²) in [5.74, 6) is 0.0421. The highest BCUT2D eigenvalue weighted by atomic mass is 16.6. The van der Waals surface area contributed by atoms with E-state index in [1.807, 2.05) is 19.9 Å². The maximum absolute atomic E-state index is 12.4. The fourth-order valence-corrected chi connectivity index (χ4v) is 2.76. The fourth-order valence-electron chi connectivity index (χ4n) is 2.76. The number of carbonyl (C=O) groups is 1. The SMILES string of the molecule is COc1ccc([N+](=O)[O-])cc1NC(=O)Cn1nc(-n2nc(C)cc2C)ccc1=O. The lowest BCUT2D eigenvalue weighted by molar-refractivity contribution is -0.384. The van der Waals surface area contributed by atoms with Crippen LogP contribution in [0.3, 0.4) is 0 Å². The molecular weight excluding hydrogens is 380 g/mol. The van der Waals surface area contributed by atoms with Crippen LogP contribution >= 0.6 is 0 Å². The summed E-state index contributed by atoms with van der Waals surface area (Å²) < 4.78 is 7.67. The van der Waals surface area contributed by atoms with Crippen LogP contribution in [0.25, 0.3) is 5.82 Å². The van der Waals surface area contributed by atoms with Crippen molar-refractivity contribution in [3.63, 3.8) is 0 Å². The smallest absolute Gasteiger partial charge is 0.271 e. The van der Waals surface area contributed by atoms with Crippen LogP contribution in [0.5, 0.6) is 5.75 Å². The molecule has 0 unspecified atom stereocenters. The van der Waals surface area contributed by atoms with Gasteiger partial charge in [0.2, 0.25) is 5.91 Å². The molecule has 0 aliphatic carbocycles. The molecule has 2 heterocycles. The van der Waals surface area contributed by atoms with Gasteiger partial charge in [-0.25, -0.2) is 9.36 Å². The van der Waals surface area contributed by atoms with Gasteiger partial charge in [0.1, 0.15) is 12.3 Å². The molecule has 0 radical (unpaired) electrons. The molecule has 0 saturated heterocycles. The first-order valence-electron chi connectivity index (χ1n) is 8.52. The van der Waals surface area contributed by atoms with Gasteiger partial charge in [0.05, 0.1) is 23.4 Å². The van der Waals surface area contributed by atoms with Crippen LogP contribution in [0.2, 0.25) is 0 Å². The van der Waals surface area contributed by atoms with Gasteiger partial charge in [-0.3, -0.25) is 19.7 Å². The standard InChI is InChI=1S/C18H18N6O5/c1-11-8-12(2)23(20-11)16-6-7-18(26)22(21-16)10-17(25)19-14-9-13(24(27)28)4-5-15(14)29-3/h4-9H,10H2,1-3H3,(H,19,25). The second kappa shape index (κ2) is 7.92. The number of amides is 1. The molecule has 0 aliphatic heterocycles. The Bertz CT molecular complexity index is 1150. The molecular formula is C18H18N6O5. The van der Waals surface area contributed by atoms with E-state index in [4.69, 9.17) is 4.74 Å². The Hall–Kier alpha value is -4.02. The van der Waals surface area contributed by atoms with Crippen molar-refractivity contribution in [1.29, 1.82) is 0 Å². The number of methoxy groups -OCH3 is 1. The average Bonchev–Trinajstić information content (AvgIpc) is 3.01. The number of aromatic nitrogens is 4. The summed E-state index contributed by atoms with van der Waals surface area (Å²) in [6.07, 6.45) is 0. The van der Waals surface area contributed by atoms with Crippen molar-refractivity contribution in [3.05, 3.63) is 68.3 Å². The van der Waals surface area contributed by atoms with Gasteiger partial charge in [0.15, 0.2) is 5.82 Å². The third-order valence-corrected chi connectivity index (χ3v) is 4.04. The lowest BCUT2D eigenvalue weighted by Crippen LogP contribution is -2.30. The highest BCUT2D eigenvalue weighted by molar-refractivity contribution is 5.92. The van der Waals surface area contributed by atoms with Crippen molar-refractivity contribution < 1.29 is 14.5 Å². The number of nitro benzene ring substituents is 1. The Kier molecular flexibility index (Phi) is 5.39. The van der Waals surface area contributed by atoms with Crippen LogP contribution in [0, 0.1) is 24.0 Å². The zero-order valence-corrected chi connectivity index (χ0v) is 15.9. The van der Waals surface area contributed by atoms with Crippen molar-refractivity contribution in [2.24, 2.45) is 0 Å². The summed E-state index contributed by atoms with van der Waals surface area (Å²) in [5, 5.41) is 22.0. The van der Waals surface area contributed by atoms with Gasteiger partial charge in [-0.1, -0.05) is 0 Å². The maximum Gasteiger partial charge on any atom is 0.271 e. The third-order valence-electron chi connectivity index (χ3n) is 4.04. The van der Waals surface area contributed by atoms with Crippen LogP contribution in [0.15, 0.2) is 41.2 Å². The molecule has 3 aromatic rings. The highest BCUT2D eigenvalue weighted by Gasteiger charge is 2.15. The summed E-state index contributed by atoms with van der Waals surface area (Å²) in [4.78, 5) is 34.9. The molecule has 11 heteroatoms. The summed E-state index contributed by atoms with van der Waals surface area (Å²) in [5.41, 5.74) is 1.05. The first-order valence-corrected chi connectivity index (χ1v) is 8.52. The van der Waals surface area contributed by atoms with Crippen molar-refractivity contribution in [3.8, 4) is 11.6 Å². The van der Waals surface area contributed by atoms with Crippen LogP contribution < -0.4 is 15.6 Å². The van der Waals surface area contributed by atoms with E-state index in [0.29, 0.717) is 5.82 Å². The first-order chi connectivity index (χ1) is 13.8. The molecule has 0 spiro atoms. The van der Waals surface area contributed by atoms with E-state index in [-0.39, 0.29) is 17.1 Å². The molecule has 0 saturated carbocycles. The number of nitro groups is 1. The molecule has 11 nitrogen and oxygen atoms in total. The normalized spacial score (nSPS) is 10.6. The quantitative estimate of drug-likeness (QED) is 0.492. The second-order valence-electron chi connectivity index (χ2n) is 6.22. The summed E-state index contributed by atoms with van der Waals surface area (Å²) in [6, 6.07) is 8.48. The predicted molar refractivity (Wildman–Crippen MR) is 103 cm³/mol. The van der Waals surface area contributed by atoms with E-state index in [2.05, 4.69) is 15.5 Å². The van der Waals surface area contributed by atoms with Crippen molar-refractivity contribution >= 4 is 17.3 Å². The van der Waals surface area contributed by atoms with Gasteiger partial charge >= 0.3 is 0 Å². The first kappa shape index (κ1) is 19.7. The number of non-ortho nitro benzene ring substituents is 1. The van der Waals surface area contributed by atoms with Crippen molar-refractivity contribution in [1.82, 2.24) is 19.6 Å². The van der Waals surface area contributed by atoms with Gasteiger partial charge < -0.3 is 10.1 Å². The second-order valence-corrected chi connectivity index (χ2v) is 6.22. The zero-order valence-electron chi connectivity index (χ0n) is 15.9. The molecule has 150 valence electrons. The third kappa shape index (κ3) is 4.29. The molecule has 1 aromatic carbocycles. The zero-order chi connectivity index (χ0) is 21.1. The topological polar surface area (TPSA) is 134 Å². The van der Waals surface area contributed by atoms with E-state index in [1.54, 1.807) is 4.68 Å². The number of rotatable bonds is 6. The molecule has 3 rings (SSSR count). The lowest BCUT2D eigenvalue weighted by Gasteiger charge is -2.11. The fraction of sp³-hybridized carbons (Fsp3) is 0.222. The molecule has 1 N–H and O–H groups in total. The minimum absolute atomic E-state index is 0.120. The Morgan fingerprint density at radius 1 is 1.21 bits per heavy atom. The number of nitrogens with zero attached hydrogens (tertiary/aromatic N) is 5. The van der Waals surface area contributed by atoms with E-state index >= 15 is 0 Å². The van der Waals surface area contributed by atoms with Gasteiger partial charge in [0.25, 0.3) is 11.2 Å². The summed E-state index contributed by atoms with van der Waals surface area (Å²) >= 11 is 0. The number of aryl methyl sites for hydroxylation is 2. The van der Waals surface area contributed by atoms with E-state index in [1.165, 1.54) is 37.4 Å². The van der Waals surface area contributed by atoms with Crippen LogP contribution in [-0.2, 0) is 11.3 Å². The minimum atomic E-state index is -0.594.